The van der Waals surface area contributed by atoms with Gasteiger partial charge in [-0.2, -0.15) is 0 Å². The molecular formula is C18H22N6. The van der Waals surface area contributed by atoms with Crippen LogP contribution in [0.4, 0.5) is 17.3 Å². The Morgan fingerprint density at radius 2 is 1.92 bits per heavy atom. The van der Waals surface area contributed by atoms with Crippen molar-refractivity contribution in [3.8, 4) is 0 Å². The second-order valence-electron chi connectivity index (χ2n) is 5.53. The van der Waals surface area contributed by atoms with Crippen LogP contribution in [0.5, 0.6) is 0 Å². The molecule has 2 heterocycles. The van der Waals surface area contributed by atoms with E-state index in [9.17, 15) is 0 Å². The van der Waals surface area contributed by atoms with Gasteiger partial charge < -0.3 is 16.0 Å². The van der Waals surface area contributed by atoms with Crippen molar-refractivity contribution in [3.63, 3.8) is 0 Å². The zero-order valence-corrected chi connectivity index (χ0v) is 13.8. The number of anilines is 3. The summed E-state index contributed by atoms with van der Waals surface area (Å²) in [5, 5.41) is 4.27. The molecule has 0 aliphatic rings. The average molecular weight is 322 g/mol. The molecule has 0 saturated carbocycles. The van der Waals surface area contributed by atoms with Crippen molar-refractivity contribution in [2.75, 3.05) is 35.6 Å². The van der Waals surface area contributed by atoms with Crippen LogP contribution < -0.4 is 16.0 Å². The molecule has 6 heteroatoms. The molecule has 0 spiro atoms. The standard InChI is InChI=1S/C18H22N6/c1-2-24(14-7-4-3-5-8-14)12-6-11-20-17-15-9-10-16(19)23-18(15)22-13-21-17/h3-5,7-10,13H,2,6,11-12H2,1H3,(H3,19,20,21,22,23). The van der Waals surface area contributed by atoms with Crippen molar-refractivity contribution in [2.45, 2.75) is 13.3 Å². The van der Waals surface area contributed by atoms with Crippen LogP contribution in [0.15, 0.2) is 48.8 Å². The Balaban J connectivity index is 1.59. The van der Waals surface area contributed by atoms with Crippen molar-refractivity contribution in [2.24, 2.45) is 0 Å². The smallest absolute Gasteiger partial charge is 0.166 e. The van der Waals surface area contributed by atoms with Crippen molar-refractivity contribution in [3.05, 3.63) is 48.8 Å². The number of benzene rings is 1. The van der Waals surface area contributed by atoms with E-state index in [1.165, 1.54) is 12.0 Å². The third-order valence-electron chi connectivity index (χ3n) is 3.92. The van der Waals surface area contributed by atoms with Gasteiger partial charge in [-0.1, -0.05) is 18.2 Å². The van der Waals surface area contributed by atoms with E-state index in [0.29, 0.717) is 11.5 Å². The summed E-state index contributed by atoms with van der Waals surface area (Å²) in [6, 6.07) is 14.1. The van der Waals surface area contributed by atoms with Crippen LogP contribution in [0.3, 0.4) is 0 Å². The number of para-hydroxylation sites is 1. The van der Waals surface area contributed by atoms with Gasteiger partial charge in [0.1, 0.15) is 18.0 Å². The van der Waals surface area contributed by atoms with Gasteiger partial charge in [-0.25, -0.2) is 15.0 Å². The fourth-order valence-electron chi connectivity index (χ4n) is 2.68. The molecule has 3 aromatic rings. The lowest BCUT2D eigenvalue weighted by molar-refractivity contribution is 0.768. The van der Waals surface area contributed by atoms with Crippen LogP contribution in [0, 0.1) is 0 Å². The van der Waals surface area contributed by atoms with Crippen molar-refractivity contribution in [1.29, 1.82) is 0 Å². The Morgan fingerprint density at radius 3 is 2.71 bits per heavy atom. The number of nitrogen functional groups attached to an aromatic ring is 1. The summed E-state index contributed by atoms with van der Waals surface area (Å²) in [6.07, 6.45) is 2.52. The SMILES string of the molecule is CCN(CCCNc1ncnc2nc(N)ccc12)c1ccccc1. The molecular weight excluding hydrogens is 300 g/mol. The Kier molecular flexibility index (Phi) is 5.05. The molecule has 0 fully saturated rings. The molecule has 0 unspecified atom stereocenters. The van der Waals surface area contributed by atoms with Gasteiger partial charge in [-0.15, -0.1) is 0 Å². The number of hydrogen-bond donors (Lipinski definition) is 2. The summed E-state index contributed by atoms with van der Waals surface area (Å²) in [5.74, 6) is 1.27. The van der Waals surface area contributed by atoms with E-state index < -0.39 is 0 Å². The highest BCUT2D eigenvalue weighted by molar-refractivity contribution is 5.86. The third-order valence-corrected chi connectivity index (χ3v) is 3.92. The summed E-state index contributed by atoms with van der Waals surface area (Å²) in [4.78, 5) is 15.1. The Labute approximate surface area is 141 Å². The molecule has 0 saturated heterocycles. The van der Waals surface area contributed by atoms with Crippen LogP contribution >= 0.6 is 0 Å². The lowest BCUT2D eigenvalue weighted by Crippen LogP contribution is -2.25. The minimum atomic E-state index is 0.466. The normalized spacial score (nSPS) is 10.7. The maximum Gasteiger partial charge on any atom is 0.166 e. The Morgan fingerprint density at radius 1 is 1.08 bits per heavy atom. The van der Waals surface area contributed by atoms with E-state index >= 15 is 0 Å². The number of nitrogens with two attached hydrogens (primary N) is 1. The summed E-state index contributed by atoms with van der Waals surface area (Å²) in [6.45, 7) is 4.99. The van der Waals surface area contributed by atoms with E-state index in [-0.39, 0.29) is 0 Å². The number of nitrogens with one attached hydrogen (secondary N) is 1. The topological polar surface area (TPSA) is 80.0 Å². The summed E-state index contributed by atoms with van der Waals surface area (Å²) < 4.78 is 0. The van der Waals surface area contributed by atoms with Gasteiger partial charge in [-0.3, -0.25) is 0 Å². The number of rotatable bonds is 7. The summed E-state index contributed by atoms with van der Waals surface area (Å²) in [7, 11) is 0. The monoisotopic (exact) mass is 322 g/mol. The highest BCUT2D eigenvalue weighted by atomic mass is 15.1. The molecule has 24 heavy (non-hydrogen) atoms. The average Bonchev–Trinajstić information content (AvgIpc) is 2.62. The van der Waals surface area contributed by atoms with Gasteiger partial charge in [0.05, 0.1) is 5.39 Å². The van der Waals surface area contributed by atoms with Crippen LogP contribution in [0.1, 0.15) is 13.3 Å². The van der Waals surface area contributed by atoms with Crippen LogP contribution in [0.25, 0.3) is 11.0 Å². The van der Waals surface area contributed by atoms with Crippen LogP contribution in [0.2, 0.25) is 0 Å². The lowest BCUT2D eigenvalue weighted by atomic mass is 10.2. The fraction of sp³-hybridized carbons (Fsp3) is 0.278. The first-order valence-electron chi connectivity index (χ1n) is 8.19. The minimum Gasteiger partial charge on any atom is -0.384 e. The van der Waals surface area contributed by atoms with Crippen molar-refractivity contribution < 1.29 is 0 Å². The number of nitrogens with zero attached hydrogens (tertiary/aromatic N) is 4. The second kappa shape index (κ2) is 7.59. The number of hydrogen-bond acceptors (Lipinski definition) is 6. The van der Waals surface area contributed by atoms with Crippen molar-refractivity contribution in [1.82, 2.24) is 15.0 Å². The maximum absolute atomic E-state index is 5.70. The zero-order chi connectivity index (χ0) is 16.8. The molecule has 0 atom stereocenters. The molecule has 0 bridgehead atoms. The first-order valence-corrected chi connectivity index (χ1v) is 8.19. The van der Waals surface area contributed by atoms with Gasteiger partial charge in [0.15, 0.2) is 5.65 Å². The van der Waals surface area contributed by atoms with Gasteiger partial charge in [-0.05, 0) is 37.6 Å². The Bertz CT molecular complexity index is 790. The van der Waals surface area contributed by atoms with Gasteiger partial charge in [0, 0.05) is 25.3 Å². The van der Waals surface area contributed by atoms with E-state index in [1.807, 2.05) is 12.1 Å². The van der Waals surface area contributed by atoms with E-state index in [2.05, 4.69) is 56.4 Å². The highest BCUT2D eigenvalue weighted by Crippen LogP contribution is 2.18. The summed E-state index contributed by atoms with van der Waals surface area (Å²) >= 11 is 0. The van der Waals surface area contributed by atoms with E-state index in [0.717, 1.165) is 37.3 Å². The van der Waals surface area contributed by atoms with E-state index in [1.54, 1.807) is 6.07 Å². The molecule has 0 aliphatic carbocycles. The number of fused-ring (bicyclic) bond motifs is 1. The Hall–Kier alpha value is -2.89. The van der Waals surface area contributed by atoms with Gasteiger partial charge >= 0.3 is 0 Å². The van der Waals surface area contributed by atoms with Gasteiger partial charge in [0.2, 0.25) is 0 Å². The van der Waals surface area contributed by atoms with E-state index in [4.69, 9.17) is 5.73 Å². The fourth-order valence-corrected chi connectivity index (χ4v) is 2.68. The zero-order valence-electron chi connectivity index (χ0n) is 13.8. The highest BCUT2D eigenvalue weighted by Gasteiger charge is 2.06. The predicted octanol–water partition coefficient (Wildman–Crippen LogP) is 2.94. The first kappa shape index (κ1) is 16.0. The predicted molar refractivity (Wildman–Crippen MR) is 99.2 cm³/mol. The third kappa shape index (κ3) is 3.71. The molecule has 1 aromatic carbocycles. The molecule has 3 N–H and O–H groups in total. The molecule has 6 nitrogen and oxygen atoms in total. The molecule has 124 valence electrons. The van der Waals surface area contributed by atoms with Crippen LogP contribution in [-0.2, 0) is 0 Å². The molecule has 2 aromatic heterocycles. The molecule has 0 amide bonds. The lowest BCUT2D eigenvalue weighted by Gasteiger charge is -2.23. The quantitative estimate of drug-likeness (QED) is 0.651. The number of aromatic nitrogens is 3. The van der Waals surface area contributed by atoms with Crippen LogP contribution in [-0.4, -0.2) is 34.6 Å². The summed E-state index contributed by atoms with van der Waals surface area (Å²) in [5.41, 5.74) is 7.58. The number of pyridine rings is 1. The van der Waals surface area contributed by atoms with Gasteiger partial charge in [0.25, 0.3) is 0 Å². The minimum absolute atomic E-state index is 0.466. The maximum atomic E-state index is 5.70. The molecule has 0 aliphatic heterocycles. The molecule has 0 radical (unpaired) electrons. The largest absolute Gasteiger partial charge is 0.384 e. The second-order valence-corrected chi connectivity index (χ2v) is 5.53. The van der Waals surface area contributed by atoms with Crippen molar-refractivity contribution >= 4 is 28.4 Å². The first-order chi connectivity index (χ1) is 11.8. The molecule has 3 rings (SSSR count).